The van der Waals surface area contributed by atoms with E-state index in [1.54, 1.807) is 18.2 Å². The van der Waals surface area contributed by atoms with Crippen molar-refractivity contribution in [2.75, 3.05) is 5.75 Å². The molecular weight excluding hydrogens is 184 g/mol. The van der Waals surface area contributed by atoms with E-state index in [1.807, 2.05) is 18.2 Å². The van der Waals surface area contributed by atoms with Crippen LogP contribution in [0.1, 0.15) is 5.56 Å². The second kappa shape index (κ2) is 2.83. The average Bonchev–Trinajstić information content (AvgIpc) is 2.19. The maximum absolute atomic E-state index is 11.9. The van der Waals surface area contributed by atoms with Crippen molar-refractivity contribution in [1.29, 1.82) is 0 Å². The quantitative estimate of drug-likeness (QED) is 0.455. The van der Waals surface area contributed by atoms with Gasteiger partial charge in [0.1, 0.15) is 10.6 Å². The average molecular weight is 192 g/mol. The molecule has 0 aromatic heterocycles. The minimum Gasteiger partial charge on any atom is -0.348 e. The minimum absolute atomic E-state index is 0.292. The topological polar surface area (TPSA) is 53.5 Å². The molecule has 1 aliphatic rings. The molecular formula is C9H8N2OS. The number of rotatable bonds is 0. The Balaban J connectivity index is 2.85. The van der Waals surface area contributed by atoms with Crippen LogP contribution in [0.15, 0.2) is 35.2 Å². The zero-order chi connectivity index (χ0) is 9.31. The van der Waals surface area contributed by atoms with Crippen LogP contribution in [0, 0.1) is 0 Å². The van der Waals surface area contributed by atoms with E-state index in [0.29, 0.717) is 10.6 Å². The monoisotopic (exact) mass is 192 g/mol. The second-order valence-corrected chi connectivity index (χ2v) is 5.05. The van der Waals surface area contributed by atoms with Gasteiger partial charge in [-0.3, -0.25) is 0 Å². The molecule has 1 unspecified atom stereocenters. The van der Waals surface area contributed by atoms with E-state index in [2.05, 4.69) is 4.16 Å². The molecule has 13 heavy (non-hydrogen) atoms. The highest BCUT2D eigenvalue weighted by molar-refractivity contribution is 7.93. The molecule has 0 aliphatic carbocycles. The van der Waals surface area contributed by atoms with Crippen LogP contribution >= 0.6 is 0 Å². The van der Waals surface area contributed by atoms with E-state index < -0.39 is 9.73 Å². The molecule has 0 spiro atoms. The minimum atomic E-state index is -2.59. The molecule has 0 bridgehead atoms. The molecule has 0 saturated carbocycles. The summed E-state index contributed by atoms with van der Waals surface area (Å²) >= 11 is 0. The Kier molecular flexibility index (Phi) is 1.79. The van der Waals surface area contributed by atoms with E-state index in [4.69, 9.17) is 5.53 Å². The van der Waals surface area contributed by atoms with Gasteiger partial charge in [-0.05, 0) is 11.6 Å². The molecule has 1 aliphatic heterocycles. The lowest BCUT2D eigenvalue weighted by Gasteiger charge is -2.06. The molecule has 66 valence electrons. The molecule has 0 radical (unpaired) electrons. The first kappa shape index (κ1) is 8.23. The summed E-state index contributed by atoms with van der Waals surface area (Å²) in [6.45, 7) is 0. The molecule has 1 aromatic rings. The van der Waals surface area contributed by atoms with Gasteiger partial charge < -0.3 is 5.53 Å². The van der Waals surface area contributed by atoms with Gasteiger partial charge in [0.15, 0.2) is 0 Å². The molecule has 1 atom stereocenters. The van der Waals surface area contributed by atoms with E-state index in [1.165, 1.54) is 0 Å². The van der Waals surface area contributed by atoms with Crippen LogP contribution in [0.25, 0.3) is 11.6 Å². The van der Waals surface area contributed by atoms with Gasteiger partial charge in [0, 0.05) is 0 Å². The zero-order valence-electron chi connectivity index (χ0n) is 6.88. The molecule has 4 heteroatoms. The van der Waals surface area contributed by atoms with Crippen molar-refractivity contribution in [3.63, 3.8) is 0 Å². The van der Waals surface area contributed by atoms with Gasteiger partial charge in [-0.1, -0.05) is 30.4 Å². The number of benzene rings is 1. The Morgan fingerprint density at radius 3 is 2.92 bits per heavy atom. The van der Waals surface area contributed by atoms with E-state index in [0.717, 1.165) is 5.56 Å². The number of hydrogen-bond acceptors (Lipinski definition) is 1. The Hall–Kier alpha value is -1.38. The summed E-state index contributed by atoms with van der Waals surface area (Å²) in [5.74, 6) is 0.292. The largest absolute Gasteiger partial charge is 0.348 e. The number of hydrogen-bond donors (Lipinski definition) is 0. The van der Waals surface area contributed by atoms with Crippen LogP contribution in [0.3, 0.4) is 0 Å². The highest BCUT2D eigenvalue weighted by Gasteiger charge is 2.23. The first-order valence-electron chi connectivity index (χ1n) is 3.90. The van der Waals surface area contributed by atoms with Gasteiger partial charge in [0.2, 0.25) is 0 Å². The summed E-state index contributed by atoms with van der Waals surface area (Å²) in [6, 6.07) is 7.26. The molecule has 3 nitrogen and oxygen atoms in total. The molecule has 1 heterocycles. The van der Waals surface area contributed by atoms with Gasteiger partial charge in [-0.15, -0.1) is 4.16 Å². The normalized spacial score (nSPS) is 24.9. The standard InChI is InChI=1S/C9H8N2OS/c10-11-13(12)7-3-5-8-4-1-2-6-9(8)13/h1-6H,7H2. The second-order valence-electron chi connectivity index (χ2n) is 2.83. The highest BCUT2D eigenvalue weighted by Crippen LogP contribution is 2.22. The molecule has 0 fully saturated rings. The maximum atomic E-state index is 11.9. The fourth-order valence-electron chi connectivity index (χ4n) is 1.38. The third kappa shape index (κ3) is 1.20. The molecule has 2 rings (SSSR count). The fourth-order valence-corrected chi connectivity index (χ4v) is 2.87. The summed E-state index contributed by atoms with van der Waals surface area (Å²) in [5, 5.41) is 0. The maximum Gasteiger partial charge on any atom is 0.286 e. The predicted octanol–water partition coefficient (Wildman–Crippen LogP) is 1.63. The lowest BCUT2D eigenvalue weighted by Crippen LogP contribution is -2.11. The van der Waals surface area contributed by atoms with Gasteiger partial charge in [-0.25, -0.2) is 0 Å². The first-order chi connectivity index (χ1) is 6.26. The van der Waals surface area contributed by atoms with Crippen molar-refractivity contribution in [3.05, 3.63) is 41.4 Å². The summed E-state index contributed by atoms with van der Waals surface area (Å²) in [4.78, 5) is 0.625. The summed E-state index contributed by atoms with van der Waals surface area (Å²) in [6.07, 6.45) is 3.66. The SMILES string of the molecule is [N-]=[N+]=S1(=O)CC=Cc2ccccc21. The summed E-state index contributed by atoms with van der Waals surface area (Å²) in [5.41, 5.74) is 9.58. The molecule has 0 amide bonds. The fraction of sp³-hybridized carbons (Fsp3) is 0.111. The number of fused-ring (bicyclic) bond motifs is 1. The van der Waals surface area contributed by atoms with Crippen LogP contribution in [0.5, 0.6) is 0 Å². The smallest absolute Gasteiger partial charge is 0.286 e. The van der Waals surface area contributed by atoms with Crippen LogP contribution in [-0.4, -0.2) is 9.96 Å². The summed E-state index contributed by atoms with van der Waals surface area (Å²) in [7, 11) is -2.59. The van der Waals surface area contributed by atoms with Crippen molar-refractivity contribution in [2.24, 2.45) is 0 Å². The van der Waals surface area contributed by atoms with Gasteiger partial charge >= 0.3 is 0 Å². The van der Waals surface area contributed by atoms with E-state index in [9.17, 15) is 4.21 Å². The Morgan fingerprint density at radius 2 is 2.15 bits per heavy atom. The van der Waals surface area contributed by atoms with E-state index in [-0.39, 0.29) is 0 Å². The van der Waals surface area contributed by atoms with Crippen LogP contribution in [-0.2, 0) is 9.73 Å². The van der Waals surface area contributed by atoms with Crippen LogP contribution in [0.2, 0.25) is 0 Å². The first-order valence-corrected chi connectivity index (χ1v) is 5.58. The Labute approximate surface area is 76.8 Å². The van der Waals surface area contributed by atoms with Gasteiger partial charge in [0.25, 0.3) is 9.73 Å². The lowest BCUT2D eigenvalue weighted by atomic mass is 10.2. The van der Waals surface area contributed by atoms with Crippen molar-refractivity contribution >= 4 is 15.8 Å². The zero-order valence-corrected chi connectivity index (χ0v) is 7.70. The highest BCUT2D eigenvalue weighted by atomic mass is 32.2. The van der Waals surface area contributed by atoms with Crippen LogP contribution in [0.4, 0.5) is 0 Å². The van der Waals surface area contributed by atoms with Crippen molar-refractivity contribution in [3.8, 4) is 0 Å². The van der Waals surface area contributed by atoms with Crippen molar-refractivity contribution < 1.29 is 4.21 Å². The van der Waals surface area contributed by atoms with Crippen LogP contribution < -0.4 is 4.16 Å². The predicted molar refractivity (Wildman–Crippen MR) is 52.2 cm³/mol. The Morgan fingerprint density at radius 1 is 1.38 bits per heavy atom. The van der Waals surface area contributed by atoms with Gasteiger partial charge in [0.05, 0.1) is 0 Å². The molecule has 0 N–H and O–H groups in total. The van der Waals surface area contributed by atoms with E-state index >= 15 is 0 Å². The summed E-state index contributed by atoms with van der Waals surface area (Å²) < 4.78 is 14.9. The third-order valence-electron chi connectivity index (χ3n) is 2.01. The third-order valence-corrected chi connectivity index (χ3v) is 3.98. The van der Waals surface area contributed by atoms with Crippen molar-refractivity contribution in [1.82, 2.24) is 4.16 Å². The van der Waals surface area contributed by atoms with Gasteiger partial charge in [-0.2, -0.15) is 4.21 Å². The molecule has 0 saturated heterocycles. The lowest BCUT2D eigenvalue weighted by molar-refractivity contribution is 0.677. The Bertz CT molecular complexity index is 506. The number of nitrogens with zero attached hydrogens (tertiary/aromatic N) is 2. The molecule has 1 aromatic carbocycles. The van der Waals surface area contributed by atoms with Crippen molar-refractivity contribution in [2.45, 2.75) is 4.90 Å².